The summed E-state index contributed by atoms with van der Waals surface area (Å²) >= 11 is 5.92. The van der Waals surface area contributed by atoms with E-state index in [-0.39, 0.29) is 16.5 Å². The third-order valence-corrected chi connectivity index (χ3v) is 5.98. The van der Waals surface area contributed by atoms with Crippen molar-refractivity contribution in [3.8, 4) is 5.75 Å². The molecule has 0 radical (unpaired) electrons. The lowest BCUT2D eigenvalue weighted by molar-refractivity contribution is 0.0730. The fourth-order valence-electron chi connectivity index (χ4n) is 2.49. The Morgan fingerprint density at radius 2 is 1.92 bits per heavy atom. The molecule has 134 valence electrons. The fraction of sp³-hybridized carbons (Fsp3) is 0.294. The number of hydrogen-bond acceptors (Lipinski definition) is 4. The van der Waals surface area contributed by atoms with Crippen LogP contribution in [0.25, 0.3) is 0 Å². The van der Waals surface area contributed by atoms with Crippen LogP contribution >= 0.6 is 11.6 Å². The maximum Gasteiger partial charge on any atom is 0.243 e. The van der Waals surface area contributed by atoms with Gasteiger partial charge in [0, 0.05) is 13.1 Å². The number of sulfonamides is 1. The van der Waals surface area contributed by atoms with Crippen LogP contribution in [-0.2, 0) is 21.4 Å². The second-order valence-corrected chi connectivity index (χ2v) is 7.87. The van der Waals surface area contributed by atoms with Gasteiger partial charge < -0.3 is 9.47 Å². The fourth-order valence-corrected chi connectivity index (χ4v) is 4.19. The van der Waals surface area contributed by atoms with Gasteiger partial charge in [0.25, 0.3) is 0 Å². The molecule has 8 heteroatoms. The summed E-state index contributed by atoms with van der Waals surface area (Å²) in [7, 11) is -3.56. The lowest BCUT2D eigenvalue weighted by Crippen LogP contribution is -2.40. The van der Waals surface area contributed by atoms with Gasteiger partial charge in [-0.15, -0.1) is 0 Å². The van der Waals surface area contributed by atoms with E-state index in [2.05, 4.69) is 0 Å². The van der Waals surface area contributed by atoms with Crippen LogP contribution in [0.4, 0.5) is 4.39 Å². The molecule has 0 atom stereocenters. The summed E-state index contributed by atoms with van der Waals surface area (Å²) in [6, 6.07) is 10.4. The first-order valence-electron chi connectivity index (χ1n) is 7.71. The standard InChI is InChI=1S/C17H17ClFNO4S/c18-16-11-14(19)4-5-17(16)24-12-13-2-1-3-15(10-13)25(21,22)20-6-8-23-9-7-20/h1-5,10-11H,6-9,12H2. The Bertz CT molecular complexity index is 853. The molecule has 1 saturated heterocycles. The average molecular weight is 386 g/mol. The molecule has 1 aliphatic heterocycles. The van der Waals surface area contributed by atoms with Gasteiger partial charge in [0.05, 0.1) is 23.1 Å². The van der Waals surface area contributed by atoms with Crippen molar-refractivity contribution in [2.75, 3.05) is 26.3 Å². The van der Waals surface area contributed by atoms with E-state index in [9.17, 15) is 12.8 Å². The molecule has 2 aromatic carbocycles. The van der Waals surface area contributed by atoms with Crippen LogP contribution in [0.3, 0.4) is 0 Å². The highest BCUT2D eigenvalue weighted by Gasteiger charge is 2.26. The first-order valence-corrected chi connectivity index (χ1v) is 9.53. The summed E-state index contributed by atoms with van der Waals surface area (Å²) in [4.78, 5) is 0.209. The van der Waals surface area contributed by atoms with Crippen molar-refractivity contribution in [1.82, 2.24) is 4.31 Å². The highest BCUT2D eigenvalue weighted by Crippen LogP contribution is 2.26. The molecule has 5 nitrogen and oxygen atoms in total. The van der Waals surface area contributed by atoms with Crippen molar-refractivity contribution in [2.24, 2.45) is 0 Å². The number of morpholine rings is 1. The van der Waals surface area contributed by atoms with Crippen LogP contribution in [-0.4, -0.2) is 39.0 Å². The van der Waals surface area contributed by atoms with E-state index in [4.69, 9.17) is 21.1 Å². The quantitative estimate of drug-likeness (QED) is 0.793. The van der Waals surface area contributed by atoms with Crippen molar-refractivity contribution in [2.45, 2.75) is 11.5 Å². The minimum absolute atomic E-state index is 0.123. The van der Waals surface area contributed by atoms with Crippen LogP contribution in [0, 0.1) is 5.82 Å². The molecule has 0 unspecified atom stereocenters. The minimum atomic E-state index is -3.56. The molecule has 25 heavy (non-hydrogen) atoms. The Morgan fingerprint density at radius 3 is 2.64 bits per heavy atom. The summed E-state index contributed by atoms with van der Waals surface area (Å²) in [6.45, 7) is 1.59. The number of ether oxygens (including phenoxy) is 2. The molecule has 1 aliphatic rings. The van der Waals surface area contributed by atoms with E-state index >= 15 is 0 Å². The van der Waals surface area contributed by atoms with Gasteiger partial charge in [-0.3, -0.25) is 0 Å². The van der Waals surface area contributed by atoms with Gasteiger partial charge in [-0.25, -0.2) is 12.8 Å². The summed E-state index contributed by atoms with van der Waals surface area (Å²) in [6.07, 6.45) is 0. The Morgan fingerprint density at radius 1 is 1.16 bits per heavy atom. The maximum absolute atomic E-state index is 13.1. The lowest BCUT2D eigenvalue weighted by Gasteiger charge is -2.26. The molecule has 1 heterocycles. The highest BCUT2D eigenvalue weighted by atomic mass is 35.5. The summed E-state index contributed by atoms with van der Waals surface area (Å²) in [5.41, 5.74) is 0.676. The van der Waals surface area contributed by atoms with Crippen LogP contribution in [0.15, 0.2) is 47.4 Å². The molecule has 3 rings (SSSR count). The van der Waals surface area contributed by atoms with Gasteiger partial charge in [0.2, 0.25) is 10.0 Å². The molecule has 0 bridgehead atoms. The van der Waals surface area contributed by atoms with Gasteiger partial charge in [0.15, 0.2) is 0 Å². The van der Waals surface area contributed by atoms with Crippen molar-refractivity contribution in [3.63, 3.8) is 0 Å². The van der Waals surface area contributed by atoms with Crippen molar-refractivity contribution in [1.29, 1.82) is 0 Å². The van der Waals surface area contributed by atoms with Crippen LogP contribution < -0.4 is 4.74 Å². The van der Waals surface area contributed by atoms with E-state index in [1.807, 2.05) is 0 Å². The summed E-state index contributed by atoms with van der Waals surface area (Å²) < 4.78 is 50.6. The smallest absolute Gasteiger partial charge is 0.243 e. The molecule has 0 N–H and O–H groups in total. The van der Waals surface area contributed by atoms with Gasteiger partial charge in [-0.1, -0.05) is 23.7 Å². The van der Waals surface area contributed by atoms with Gasteiger partial charge >= 0.3 is 0 Å². The number of rotatable bonds is 5. The zero-order valence-corrected chi connectivity index (χ0v) is 14.9. The Kier molecular flexibility index (Phi) is 5.58. The second-order valence-electron chi connectivity index (χ2n) is 5.53. The van der Waals surface area contributed by atoms with E-state index in [1.165, 1.54) is 16.4 Å². The molecule has 0 aliphatic carbocycles. The lowest BCUT2D eigenvalue weighted by atomic mass is 10.2. The number of halogens is 2. The van der Waals surface area contributed by atoms with E-state index < -0.39 is 15.8 Å². The van der Waals surface area contributed by atoms with Crippen LogP contribution in [0.2, 0.25) is 5.02 Å². The van der Waals surface area contributed by atoms with Gasteiger partial charge in [0.1, 0.15) is 18.2 Å². The largest absolute Gasteiger partial charge is 0.487 e. The molecule has 1 fully saturated rings. The summed E-state index contributed by atoms with van der Waals surface area (Å²) in [5.74, 6) is -0.111. The molecule has 0 amide bonds. The van der Waals surface area contributed by atoms with Crippen molar-refractivity contribution < 1.29 is 22.3 Å². The third-order valence-electron chi connectivity index (χ3n) is 3.79. The van der Waals surface area contributed by atoms with Gasteiger partial charge in [-0.05, 0) is 35.9 Å². The summed E-state index contributed by atoms with van der Waals surface area (Å²) in [5, 5.41) is 0.164. The Balaban J connectivity index is 1.75. The Labute approximate surface area is 151 Å². The van der Waals surface area contributed by atoms with E-state index in [0.29, 0.717) is 37.6 Å². The number of benzene rings is 2. The normalized spacial score (nSPS) is 15.9. The second kappa shape index (κ2) is 7.70. The van der Waals surface area contributed by atoms with E-state index in [0.717, 1.165) is 6.07 Å². The topological polar surface area (TPSA) is 55.8 Å². The first kappa shape index (κ1) is 18.1. The maximum atomic E-state index is 13.1. The molecular weight excluding hydrogens is 369 g/mol. The van der Waals surface area contributed by atoms with Crippen LogP contribution in [0.1, 0.15) is 5.56 Å². The first-order chi connectivity index (χ1) is 12.0. The SMILES string of the molecule is O=S(=O)(c1cccc(COc2ccc(F)cc2Cl)c1)N1CCOCC1. The van der Waals surface area contributed by atoms with Crippen molar-refractivity contribution in [3.05, 3.63) is 58.9 Å². The zero-order chi connectivity index (χ0) is 17.9. The predicted molar refractivity (Wildman–Crippen MR) is 91.8 cm³/mol. The van der Waals surface area contributed by atoms with Crippen molar-refractivity contribution >= 4 is 21.6 Å². The minimum Gasteiger partial charge on any atom is -0.487 e. The monoisotopic (exact) mass is 385 g/mol. The number of nitrogens with zero attached hydrogens (tertiary/aromatic N) is 1. The average Bonchev–Trinajstić information content (AvgIpc) is 2.62. The van der Waals surface area contributed by atoms with Gasteiger partial charge in [-0.2, -0.15) is 4.31 Å². The number of hydrogen-bond donors (Lipinski definition) is 0. The van der Waals surface area contributed by atoms with Crippen LogP contribution in [0.5, 0.6) is 5.75 Å². The molecule has 2 aromatic rings. The molecule has 0 aromatic heterocycles. The predicted octanol–water partition coefficient (Wildman–Crippen LogP) is 3.08. The molecule has 0 saturated carbocycles. The Hall–Kier alpha value is -1.67. The zero-order valence-electron chi connectivity index (χ0n) is 13.3. The third kappa shape index (κ3) is 4.30. The molecular formula is C17H17ClFNO4S. The molecule has 0 spiro atoms. The highest BCUT2D eigenvalue weighted by molar-refractivity contribution is 7.89. The van der Waals surface area contributed by atoms with E-state index in [1.54, 1.807) is 24.3 Å².